The minimum atomic E-state index is -0.535. The van der Waals surface area contributed by atoms with Gasteiger partial charge in [0.25, 0.3) is 0 Å². The van der Waals surface area contributed by atoms with Crippen LogP contribution in [-0.2, 0) is 9.53 Å². The van der Waals surface area contributed by atoms with Crippen molar-refractivity contribution >= 4 is 17.3 Å². The van der Waals surface area contributed by atoms with Gasteiger partial charge in [-0.05, 0) is 30.2 Å². The lowest BCUT2D eigenvalue weighted by molar-refractivity contribution is -0.136. The molecule has 1 heterocycles. The number of hydrogen-bond donors (Lipinski definition) is 0. The average molecular weight is 204 g/mol. The zero-order chi connectivity index (χ0) is 10.2. The highest BCUT2D eigenvalue weighted by Crippen LogP contribution is 2.02. The quantitative estimate of drug-likeness (QED) is 0.395. The van der Waals surface area contributed by atoms with Gasteiger partial charge in [-0.25, -0.2) is 4.79 Å². The maximum absolute atomic E-state index is 10.7. The van der Waals surface area contributed by atoms with Crippen molar-refractivity contribution in [3.63, 3.8) is 0 Å². The molecule has 2 nitrogen and oxygen atoms in total. The van der Waals surface area contributed by atoms with Crippen LogP contribution >= 0.6 is 11.3 Å². The maximum Gasteiger partial charge on any atom is 0.385 e. The molecule has 1 rings (SSSR count). The fourth-order valence-corrected chi connectivity index (χ4v) is 1.28. The van der Waals surface area contributed by atoms with Gasteiger partial charge in [0.1, 0.15) is 0 Å². The fourth-order valence-electron chi connectivity index (χ4n) is 0.688. The molecule has 0 N–H and O–H groups in total. The van der Waals surface area contributed by atoms with Crippen molar-refractivity contribution < 1.29 is 9.53 Å². The van der Waals surface area contributed by atoms with Gasteiger partial charge in [0.2, 0.25) is 0 Å². The van der Waals surface area contributed by atoms with Crippen LogP contribution in [0.4, 0.5) is 0 Å². The fraction of sp³-hybridized carbons (Fsp3) is 0.182. The van der Waals surface area contributed by atoms with Crippen LogP contribution < -0.4 is 0 Å². The first-order chi connectivity index (χ1) is 6.83. The first kappa shape index (κ1) is 10.4. The lowest BCUT2D eigenvalue weighted by atomic mass is 10.3. The zero-order valence-corrected chi connectivity index (χ0v) is 8.48. The smallest absolute Gasteiger partial charge is 0.385 e. The first-order valence-corrected chi connectivity index (χ1v) is 4.98. The second-order valence-corrected chi connectivity index (χ2v) is 3.01. The number of ether oxygens (including phenoxy) is 1. The summed E-state index contributed by atoms with van der Waals surface area (Å²) in [6.45, 7) is 2.07. The van der Waals surface area contributed by atoms with Gasteiger partial charge >= 0.3 is 5.97 Å². The molecule has 0 atom stereocenters. The highest BCUT2D eigenvalue weighted by atomic mass is 32.1. The topological polar surface area (TPSA) is 26.3 Å². The van der Waals surface area contributed by atoms with E-state index < -0.39 is 5.97 Å². The summed E-state index contributed by atoms with van der Waals surface area (Å²) in [6.07, 6.45) is 0. The van der Waals surface area contributed by atoms with Crippen LogP contribution in [0.25, 0.3) is 0 Å². The van der Waals surface area contributed by atoms with E-state index in [-0.39, 0.29) is 0 Å². The standard InChI is InChI=1S/C11H8O2S/c1-2-13-11(12)6-4-3-5-10-7-8-14-9-10/h7-9H,2H2,1H3. The molecule has 0 fully saturated rings. The van der Waals surface area contributed by atoms with Crippen molar-refractivity contribution in [2.45, 2.75) is 6.92 Å². The van der Waals surface area contributed by atoms with Gasteiger partial charge in [-0.2, -0.15) is 11.3 Å². The van der Waals surface area contributed by atoms with Crippen LogP contribution in [-0.4, -0.2) is 12.6 Å². The van der Waals surface area contributed by atoms with Crippen molar-refractivity contribution in [3.05, 3.63) is 22.4 Å². The van der Waals surface area contributed by atoms with E-state index in [0.29, 0.717) is 6.61 Å². The van der Waals surface area contributed by atoms with Crippen LogP contribution in [0, 0.1) is 23.7 Å². The predicted octanol–water partition coefficient (Wildman–Crippen LogP) is 1.67. The molecule has 14 heavy (non-hydrogen) atoms. The number of esters is 1. The van der Waals surface area contributed by atoms with Gasteiger partial charge in [-0.3, -0.25) is 0 Å². The summed E-state index contributed by atoms with van der Waals surface area (Å²) >= 11 is 1.57. The minimum Gasteiger partial charge on any atom is -0.456 e. The molecule has 0 saturated heterocycles. The third-order valence-corrected chi connectivity index (χ3v) is 1.91. The van der Waals surface area contributed by atoms with Crippen molar-refractivity contribution in [1.29, 1.82) is 0 Å². The molecule has 0 amide bonds. The third kappa shape index (κ3) is 3.80. The van der Waals surface area contributed by atoms with Gasteiger partial charge in [-0.15, -0.1) is 0 Å². The Labute approximate surface area is 86.9 Å². The lowest BCUT2D eigenvalue weighted by Crippen LogP contribution is -1.99. The van der Waals surface area contributed by atoms with Crippen LogP contribution in [0.1, 0.15) is 12.5 Å². The molecule has 0 radical (unpaired) electrons. The van der Waals surface area contributed by atoms with Gasteiger partial charge in [-0.1, -0.05) is 5.92 Å². The van der Waals surface area contributed by atoms with Crippen LogP contribution in [0.3, 0.4) is 0 Å². The molecular weight excluding hydrogens is 196 g/mol. The first-order valence-electron chi connectivity index (χ1n) is 4.04. The summed E-state index contributed by atoms with van der Waals surface area (Å²) in [5, 5.41) is 3.85. The molecule has 70 valence electrons. The Morgan fingerprint density at radius 2 is 2.43 bits per heavy atom. The maximum atomic E-state index is 10.7. The molecule has 0 aliphatic rings. The molecule has 0 aliphatic carbocycles. The largest absolute Gasteiger partial charge is 0.456 e. The van der Waals surface area contributed by atoms with Crippen LogP contribution in [0.2, 0.25) is 0 Å². The van der Waals surface area contributed by atoms with Gasteiger partial charge in [0, 0.05) is 16.9 Å². The van der Waals surface area contributed by atoms with Crippen molar-refractivity contribution in [2.24, 2.45) is 0 Å². The van der Waals surface area contributed by atoms with Crippen molar-refractivity contribution in [3.8, 4) is 23.7 Å². The monoisotopic (exact) mass is 204 g/mol. The van der Waals surface area contributed by atoms with Gasteiger partial charge in [0.05, 0.1) is 6.61 Å². The third-order valence-electron chi connectivity index (χ3n) is 1.23. The van der Waals surface area contributed by atoms with Crippen molar-refractivity contribution in [2.75, 3.05) is 6.61 Å². The summed E-state index contributed by atoms with van der Waals surface area (Å²) in [5.41, 5.74) is 0.910. The summed E-state index contributed by atoms with van der Waals surface area (Å²) < 4.78 is 4.60. The Morgan fingerprint density at radius 3 is 3.07 bits per heavy atom. The Kier molecular flexibility index (Phi) is 4.34. The predicted molar refractivity (Wildman–Crippen MR) is 55.6 cm³/mol. The molecule has 1 aromatic heterocycles. The lowest BCUT2D eigenvalue weighted by Gasteiger charge is -1.89. The van der Waals surface area contributed by atoms with Crippen LogP contribution in [0.5, 0.6) is 0 Å². The second-order valence-electron chi connectivity index (χ2n) is 2.23. The molecule has 3 heteroatoms. The highest BCUT2D eigenvalue weighted by Gasteiger charge is 1.90. The summed E-state index contributed by atoms with van der Waals surface area (Å²) in [6, 6.07) is 1.89. The number of hydrogen-bond acceptors (Lipinski definition) is 3. The summed E-state index contributed by atoms with van der Waals surface area (Å²) in [7, 11) is 0. The number of carbonyl (C=O) groups is 1. The Bertz CT molecular complexity index is 410. The number of carbonyl (C=O) groups excluding carboxylic acids is 1. The van der Waals surface area contributed by atoms with E-state index in [1.165, 1.54) is 0 Å². The summed E-state index contributed by atoms with van der Waals surface area (Å²) in [5.74, 6) is 9.53. The molecule has 0 aromatic carbocycles. The van der Waals surface area contributed by atoms with E-state index in [1.807, 2.05) is 16.8 Å². The molecular formula is C11H8O2S. The molecule has 0 bridgehead atoms. The minimum absolute atomic E-state index is 0.339. The Hall–Kier alpha value is -1.71. The molecule has 0 aliphatic heterocycles. The highest BCUT2D eigenvalue weighted by molar-refractivity contribution is 7.08. The van der Waals surface area contributed by atoms with Crippen molar-refractivity contribution in [1.82, 2.24) is 0 Å². The van der Waals surface area contributed by atoms with E-state index in [9.17, 15) is 4.79 Å². The SMILES string of the molecule is CCOC(=O)C#CC#Cc1ccsc1. The normalized spacial score (nSPS) is 7.79. The second kappa shape index (κ2) is 5.85. The number of thiophene rings is 1. The Balaban J connectivity index is 2.50. The number of rotatable bonds is 1. The van der Waals surface area contributed by atoms with Gasteiger partial charge < -0.3 is 4.74 Å². The van der Waals surface area contributed by atoms with Gasteiger partial charge in [0.15, 0.2) is 0 Å². The molecule has 0 spiro atoms. The zero-order valence-electron chi connectivity index (χ0n) is 7.66. The van der Waals surface area contributed by atoms with E-state index in [1.54, 1.807) is 18.3 Å². The average Bonchev–Trinajstić information content (AvgIpc) is 2.65. The van der Waals surface area contributed by atoms with E-state index in [0.717, 1.165) is 5.56 Å². The summed E-state index contributed by atoms with van der Waals surface area (Å²) in [4.78, 5) is 10.7. The molecule has 0 unspecified atom stereocenters. The molecule has 0 saturated carbocycles. The molecule has 1 aromatic rings. The van der Waals surface area contributed by atoms with Crippen LogP contribution in [0.15, 0.2) is 16.8 Å². The van der Waals surface area contributed by atoms with E-state index >= 15 is 0 Å². The van der Waals surface area contributed by atoms with E-state index in [2.05, 4.69) is 28.4 Å². The Morgan fingerprint density at radius 1 is 1.57 bits per heavy atom. The van der Waals surface area contributed by atoms with E-state index in [4.69, 9.17) is 0 Å².